The second-order valence-electron chi connectivity index (χ2n) is 4.06. The predicted octanol–water partition coefficient (Wildman–Crippen LogP) is -1.80. The number of aliphatic hydroxyl groups excluding tert-OH is 1. The molecule has 1 aromatic carbocycles. The molecule has 0 radical (unpaired) electrons. The first-order chi connectivity index (χ1) is 8.95. The number of ether oxygens (including phenoxy) is 1. The number of aliphatic hydroxyl groups is 4. The van der Waals surface area contributed by atoms with Crippen molar-refractivity contribution in [1.82, 2.24) is 5.32 Å². The van der Waals surface area contributed by atoms with Crippen LogP contribution in [0.1, 0.15) is 11.1 Å². The van der Waals surface area contributed by atoms with Gasteiger partial charge >= 0.3 is 5.97 Å². The fraction of sp³-hybridized carbons (Fsp3) is 0.500. The van der Waals surface area contributed by atoms with E-state index in [1.165, 1.54) is 0 Å². The molecule has 108 valence electrons. The summed E-state index contributed by atoms with van der Waals surface area (Å²) in [5.74, 6) is -3.24. The molecule has 0 aliphatic carbocycles. The van der Waals surface area contributed by atoms with Gasteiger partial charge in [0.2, 0.25) is 6.29 Å². The van der Waals surface area contributed by atoms with Gasteiger partial charge in [0.15, 0.2) is 0 Å². The van der Waals surface area contributed by atoms with Crippen LogP contribution in [0.25, 0.3) is 0 Å². The van der Waals surface area contributed by atoms with E-state index in [0.717, 1.165) is 11.1 Å². The van der Waals surface area contributed by atoms with Gasteiger partial charge in [0.05, 0.1) is 6.61 Å². The third-order valence-electron chi connectivity index (χ3n) is 2.54. The standard InChI is InChI=1S/C12H20N2O5/c13-7-9-3-1-2-4-10(9)8-14-5-6-19-11(15)12(16,17)18/h1-4,11,14-18H,5-8,13H2. The highest BCUT2D eigenvalue weighted by Gasteiger charge is 2.30. The predicted molar refractivity (Wildman–Crippen MR) is 67.4 cm³/mol. The molecule has 0 fully saturated rings. The smallest absolute Gasteiger partial charge is 0.329 e. The molecule has 0 aliphatic rings. The molecule has 0 bridgehead atoms. The maximum atomic E-state index is 8.97. The lowest BCUT2D eigenvalue weighted by molar-refractivity contribution is -0.404. The minimum Gasteiger partial charge on any atom is -0.362 e. The van der Waals surface area contributed by atoms with Gasteiger partial charge in [-0.15, -0.1) is 0 Å². The van der Waals surface area contributed by atoms with E-state index in [1.54, 1.807) is 0 Å². The molecule has 0 heterocycles. The van der Waals surface area contributed by atoms with Crippen molar-refractivity contribution in [2.45, 2.75) is 25.4 Å². The largest absolute Gasteiger partial charge is 0.362 e. The Kier molecular flexibility index (Phi) is 6.32. The summed E-state index contributed by atoms with van der Waals surface area (Å²) in [6.07, 6.45) is -2.06. The highest BCUT2D eigenvalue weighted by atomic mass is 16.7. The van der Waals surface area contributed by atoms with Crippen LogP contribution in [0.3, 0.4) is 0 Å². The van der Waals surface area contributed by atoms with Crippen molar-refractivity contribution in [2.24, 2.45) is 5.73 Å². The monoisotopic (exact) mass is 272 g/mol. The summed E-state index contributed by atoms with van der Waals surface area (Å²) >= 11 is 0. The number of benzene rings is 1. The van der Waals surface area contributed by atoms with Crippen LogP contribution in [0.4, 0.5) is 0 Å². The van der Waals surface area contributed by atoms with Crippen LogP contribution in [0.5, 0.6) is 0 Å². The first-order valence-electron chi connectivity index (χ1n) is 5.89. The summed E-state index contributed by atoms with van der Waals surface area (Å²) in [5, 5.41) is 37.8. The molecule has 0 spiro atoms. The van der Waals surface area contributed by atoms with E-state index in [-0.39, 0.29) is 6.61 Å². The molecule has 1 aromatic rings. The summed E-state index contributed by atoms with van der Waals surface area (Å²) in [7, 11) is 0. The minimum atomic E-state index is -3.24. The molecule has 7 heteroatoms. The van der Waals surface area contributed by atoms with Gasteiger partial charge in [-0.3, -0.25) is 0 Å². The van der Waals surface area contributed by atoms with Crippen LogP contribution in [0.15, 0.2) is 24.3 Å². The van der Waals surface area contributed by atoms with Crippen molar-refractivity contribution in [2.75, 3.05) is 13.2 Å². The molecular formula is C12H20N2O5. The third kappa shape index (κ3) is 5.62. The summed E-state index contributed by atoms with van der Waals surface area (Å²) in [6, 6.07) is 7.71. The van der Waals surface area contributed by atoms with E-state index < -0.39 is 12.3 Å². The zero-order valence-electron chi connectivity index (χ0n) is 10.5. The van der Waals surface area contributed by atoms with Crippen LogP contribution >= 0.6 is 0 Å². The molecule has 1 rings (SSSR count). The van der Waals surface area contributed by atoms with E-state index in [2.05, 4.69) is 10.1 Å². The van der Waals surface area contributed by atoms with Gasteiger partial charge in [0.1, 0.15) is 0 Å². The zero-order valence-corrected chi connectivity index (χ0v) is 10.5. The SMILES string of the molecule is NCc1ccccc1CNCCOC(O)C(O)(O)O. The molecule has 1 atom stereocenters. The highest BCUT2D eigenvalue weighted by molar-refractivity contribution is 5.26. The van der Waals surface area contributed by atoms with Crippen molar-refractivity contribution in [3.05, 3.63) is 35.4 Å². The summed E-state index contributed by atoms with van der Waals surface area (Å²) in [5.41, 5.74) is 7.70. The highest BCUT2D eigenvalue weighted by Crippen LogP contribution is 2.07. The van der Waals surface area contributed by atoms with Crippen molar-refractivity contribution in [1.29, 1.82) is 0 Å². The fourth-order valence-electron chi connectivity index (χ4n) is 1.51. The molecule has 7 N–H and O–H groups in total. The quantitative estimate of drug-likeness (QED) is 0.243. The molecule has 19 heavy (non-hydrogen) atoms. The lowest BCUT2D eigenvalue weighted by Gasteiger charge is -2.20. The Bertz CT molecular complexity index is 381. The number of nitrogens with one attached hydrogen (secondary N) is 1. The van der Waals surface area contributed by atoms with Crippen LogP contribution in [0.2, 0.25) is 0 Å². The Morgan fingerprint density at radius 1 is 1.21 bits per heavy atom. The fourth-order valence-corrected chi connectivity index (χ4v) is 1.51. The number of hydrogen-bond acceptors (Lipinski definition) is 7. The molecule has 0 aliphatic heterocycles. The number of rotatable bonds is 8. The maximum Gasteiger partial charge on any atom is 0.329 e. The van der Waals surface area contributed by atoms with Crippen LogP contribution in [-0.4, -0.2) is 45.8 Å². The molecule has 0 saturated carbocycles. The van der Waals surface area contributed by atoms with E-state index in [4.69, 9.17) is 26.2 Å². The van der Waals surface area contributed by atoms with E-state index in [9.17, 15) is 0 Å². The van der Waals surface area contributed by atoms with E-state index >= 15 is 0 Å². The van der Waals surface area contributed by atoms with Gasteiger partial charge < -0.3 is 36.2 Å². The zero-order chi connectivity index (χ0) is 14.3. The van der Waals surface area contributed by atoms with Crippen LogP contribution in [-0.2, 0) is 17.8 Å². The molecule has 0 saturated heterocycles. The lowest BCUT2D eigenvalue weighted by atomic mass is 10.1. The van der Waals surface area contributed by atoms with Crippen molar-refractivity contribution >= 4 is 0 Å². The molecule has 0 amide bonds. The van der Waals surface area contributed by atoms with E-state index in [1.807, 2.05) is 24.3 Å². The number of nitrogens with two attached hydrogens (primary N) is 1. The molecule has 0 aromatic heterocycles. The Hall–Kier alpha value is -1.06. The van der Waals surface area contributed by atoms with Gasteiger partial charge in [-0.25, -0.2) is 0 Å². The second kappa shape index (κ2) is 7.51. The maximum absolute atomic E-state index is 8.97. The Morgan fingerprint density at radius 3 is 2.42 bits per heavy atom. The summed E-state index contributed by atoms with van der Waals surface area (Å²) in [4.78, 5) is 0. The first-order valence-corrected chi connectivity index (χ1v) is 5.89. The topological polar surface area (TPSA) is 128 Å². The van der Waals surface area contributed by atoms with Crippen molar-refractivity contribution in [3.63, 3.8) is 0 Å². The molecule has 1 unspecified atom stereocenters. The summed E-state index contributed by atoms with van der Waals surface area (Å²) < 4.78 is 4.62. The minimum absolute atomic E-state index is 0.00931. The Labute approximate surface area is 111 Å². The average molecular weight is 272 g/mol. The van der Waals surface area contributed by atoms with Gasteiger partial charge in [-0.1, -0.05) is 24.3 Å². The summed E-state index contributed by atoms with van der Waals surface area (Å²) in [6.45, 7) is 1.41. The third-order valence-corrected chi connectivity index (χ3v) is 2.54. The van der Waals surface area contributed by atoms with Gasteiger partial charge in [-0.05, 0) is 11.1 Å². The lowest BCUT2D eigenvalue weighted by Crippen LogP contribution is -2.44. The molecular weight excluding hydrogens is 252 g/mol. The number of hydrogen-bond donors (Lipinski definition) is 6. The average Bonchev–Trinajstić information content (AvgIpc) is 2.37. The van der Waals surface area contributed by atoms with Gasteiger partial charge in [0, 0.05) is 19.6 Å². The van der Waals surface area contributed by atoms with E-state index in [0.29, 0.717) is 19.6 Å². The van der Waals surface area contributed by atoms with Gasteiger partial charge in [0.25, 0.3) is 0 Å². The van der Waals surface area contributed by atoms with Crippen LogP contribution < -0.4 is 11.1 Å². The first kappa shape index (κ1) is 16.0. The Morgan fingerprint density at radius 2 is 1.84 bits per heavy atom. The second-order valence-corrected chi connectivity index (χ2v) is 4.06. The normalized spacial score (nSPS) is 13.5. The van der Waals surface area contributed by atoms with Crippen molar-refractivity contribution < 1.29 is 25.2 Å². The van der Waals surface area contributed by atoms with Crippen molar-refractivity contribution in [3.8, 4) is 0 Å². The van der Waals surface area contributed by atoms with Crippen LogP contribution in [0, 0.1) is 0 Å². The Balaban J connectivity index is 2.24. The van der Waals surface area contributed by atoms with Gasteiger partial charge in [-0.2, -0.15) is 0 Å². The molecule has 7 nitrogen and oxygen atoms in total.